The summed E-state index contributed by atoms with van der Waals surface area (Å²) in [6, 6.07) is 9.48. The van der Waals surface area contributed by atoms with Gasteiger partial charge in [0, 0.05) is 12.5 Å². The number of aliphatic imine (C=N–C) groups is 1. The molecular weight excluding hydrogens is 224 g/mol. The molecule has 0 amide bonds. The second kappa shape index (κ2) is 6.94. The number of rotatable bonds is 5. The fraction of sp³-hybridized carbons (Fsp3) is 0.467. The molecule has 1 aromatic carbocycles. The van der Waals surface area contributed by atoms with Gasteiger partial charge in [0.05, 0.1) is 5.84 Å². The summed E-state index contributed by atoms with van der Waals surface area (Å²) < 4.78 is 0. The lowest BCUT2D eigenvalue weighted by molar-refractivity contribution is -0.123. The number of nitrogens with one attached hydrogen (secondary N) is 1. The number of nitrogens with zero attached hydrogens (tertiary/aromatic N) is 1. The normalized spacial score (nSPS) is 13.5. The minimum atomic E-state index is -0.304. The van der Waals surface area contributed by atoms with Gasteiger partial charge < -0.3 is 5.32 Å². The Morgan fingerprint density at radius 2 is 1.89 bits per heavy atom. The molecule has 0 fully saturated rings. The SMILES string of the molecule is CCN=C(C)NC(C(=O)C(C)C)c1ccccc1. The van der Waals surface area contributed by atoms with Gasteiger partial charge in [0.1, 0.15) is 6.04 Å². The number of hydrogen-bond acceptors (Lipinski definition) is 2. The lowest BCUT2D eigenvalue weighted by atomic mass is 9.95. The van der Waals surface area contributed by atoms with Crippen molar-refractivity contribution in [2.45, 2.75) is 33.7 Å². The van der Waals surface area contributed by atoms with E-state index in [1.54, 1.807) is 0 Å². The van der Waals surface area contributed by atoms with Crippen LogP contribution in [0.2, 0.25) is 0 Å². The fourth-order valence-corrected chi connectivity index (χ4v) is 1.79. The van der Waals surface area contributed by atoms with E-state index in [1.807, 2.05) is 58.0 Å². The van der Waals surface area contributed by atoms with Gasteiger partial charge in [-0.2, -0.15) is 0 Å². The van der Waals surface area contributed by atoms with Crippen LogP contribution in [0.3, 0.4) is 0 Å². The van der Waals surface area contributed by atoms with Crippen LogP contribution >= 0.6 is 0 Å². The Labute approximate surface area is 109 Å². The highest BCUT2D eigenvalue weighted by atomic mass is 16.1. The van der Waals surface area contributed by atoms with E-state index in [0.717, 1.165) is 17.9 Å². The first-order valence-corrected chi connectivity index (χ1v) is 6.42. The molecule has 0 aromatic heterocycles. The van der Waals surface area contributed by atoms with Gasteiger partial charge in [-0.05, 0) is 19.4 Å². The van der Waals surface area contributed by atoms with Crippen LogP contribution in [0, 0.1) is 5.92 Å². The van der Waals surface area contributed by atoms with Crippen molar-refractivity contribution in [2.75, 3.05) is 6.54 Å². The van der Waals surface area contributed by atoms with Gasteiger partial charge in [0.2, 0.25) is 0 Å². The summed E-state index contributed by atoms with van der Waals surface area (Å²) in [6.45, 7) is 8.44. The second-order valence-corrected chi connectivity index (χ2v) is 4.60. The molecule has 0 aliphatic rings. The van der Waals surface area contributed by atoms with Crippen molar-refractivity contribution in [3.63, 3.8) is 0 Å². The van der Waals surface area contributed by atoms with Crippen LogP contribution in [0.5, 0.6) is 0 Å². The summed E-state index contributed by atoms with van der Waals surface area (Å²) in [5, 5.41) is 3.22. The third kappa shape index (κ3) is 3.99. The molecule has 0 saturated carbocycles. The summed E-state index contributed by atoms with van der Waals surface area (Å²) >= 11 is 0. The fourth-order valence-electron chi connectivity index (χ4n) is 1.79. The molecule has 0 aliphatic heterocycles. The van der Waals surface area contributed by atoms with E-state index in [0.29, 0.717) is 0 Å². The Balaban J connectivity index is 2.96. The van der Waals surface area contributed by atoms with Crippen molar-refractivity contribution in [2.24, 2.45) is 10.9 Å². The van der Waals surface area contributed by atoms with Crippen LogP contribution in [0.15, 0.2) is 35.3 Å². The Bertz CT molecular complexity index is 410. The first-order valence-electron chi connectivity index (χ1n) is 6.42. The highest BCUT2D eigenvalue weighted by molar-refractivity contribution is 5.92. The van der Waals surface area contributed by atoms with Gasteiger partial charge in [0.25, 0.3) is 0 Å². The van der Waals surface area contributed by atoms with E-state index in [2.05, 4.69) is 10.3 Å². The molecule has 3 heteroatoms. The number of Topliss-reactive ketones (excluding diaryl/α,β-unsaturated/α-hetero) is 1. The largest absolute Gasteiger partial charge is 0.360 e. The average molecular weight is 246 g/mol. The molecule has 0 aliphatic carbocycles. The van der Waals surface area contributed by atoms with Gasteiger partial charge in [-0.25, -0.2) is 0 Å². The standard InChI is InChI=1S/C15H22N2O/c1-5-16-12(4)17-14(15(18)11(2)3)13-9-7-6-8-10-13/h6-11,14H,5H2,1-4H3,(H,16,17). The van der Waals surface area contributed by atoms with Crippen LogP contribution in [0.25, 0.3) is 0 Å². The Kier molecular flexibility index (Phi) is 5.56. The van der Waals surface area contributed by atoms with E-state index in [4.69, 9.17) is 0 Å². The molecule has 0 radical (unpaired) electrons. The zero-order valence-corrected chi connectivity index (χ0v) is 11.6. The predicted molar refractivity (Wildman–Crippen MR) is 75.8 cm³/mol. The maximum Gasteiger partial charge on any atom is 0.162 e. The van der Waals surface area contributed by atoms with Gasteiger partial charge in [-0.1, -0.05) is 44.2 Å². The molecule has 1 atom stereocenters. The van der Waals surface area contributed by atoms with Crippen LogP contribution in [-0.4, -0.2) is 18.2 Å². The van der Waals surface area contributed by atoms with Crippen LogP contribution in [0.4, 0.5) is 0 Å². The molecule has 3 nitrogen and oxygen atoms in total. The third-order valence-corrected chi connectivity index (χ3v) is 2.73. The summed E-state index contributed by atoms with van der Waals surface area (Å²) in [7, 11) is 0. The minimum Gasteiger partial charge on any atom is -0.360 e. The van der Waals surface area contributed by atoms with E-state index >= 15 is 0 Å². The Hall–Kier alpha value is -1.64. The molecule has 1 rings (SSSR count). The molecule has 0 heterocycles. The molecule has 0 spiro atoms. The number of carbonyl (C=O) groups excluding carboxylic acids is 1. The van der Waals surface area contributed by atoms with Crippen LogP contribution in [-0.2, 0) is 4.79 Å². The zero-order valence-electron chi connectivity index (χ0n) is 11.6. The summed E-state index contributed by atoms with van der Waals surface area (Å²) in [4.78, 5) is 16.6. The number of amidine groups is 1. The Morgan fingerprint density at radius 3 is 2.39 bits per heavy atom. The number of carbonyl (C=O) groups is 1. The molecule has 0 bridgehead atoms. The van der Waals surface area contributed by atoms with Gasteiger partial charge in [-0.15, -0.1) is 0 Å². The first kappa shape index (κ1) is 14.4. The molecule has 0 saturated heterocycles. The highest BCUT2D eigenvalue weighted by Gasteiger charge is 2.22. The van der Waals surface area contributed by atoms with Crippen molar-refractivity contribution in [3.8, 4) is 0 Å². The third-order valence-electron chi connectivity index (χ3n) is 2.73. The number of ketones is 1. The van der Waals surface area contributed by atoms with Crippen molar-refractivity contribution in [1.82, 2.24) is 5.32 Å². The molecular formula is C15H22N2O. The summed E-state index contributed by atoms with van der Waals surface area (Å²) in [6.07, 6.45) is 0. The van der Waals surface area contributed by atoms with Crippen molar-refractivity contribution >= 4 is 11.6 Å². The first-order chi connectivity index (χ1) is 8.56. The van der Waals surface area contributed by atoms with Crippen molar-refractivity contribution < 1.29 is 4.79 Å². The predicted octanol–water partition coefficient (Wildman–Crippen LogP) is 2.98. The molecule has 18 heavy (non-hydrogen) atoms. The Morgan fingerprint density at radius 1 is 1.28 bits per heavy atom. The molecule has 98 valence electrons. The highest BCUT2D eigenvalue weighted by Crippen LogP contribution is 2.17. The lowest BCUT2D eigenvalue weighted by Crippen LogP contribution is -2.34. The zero-order chi connectivity index (χ0) is 13.5. The topological polar surface area (TPSA) is 41.5 Å². The second-order valence-electron chi connectivity index (χ2n) is 4.60. The van der Waals surface area contributed by atoms with Crippen LogP contribution in [0.1, 0.15) is 39.3 Å². The monoisotopic (exact) mass is 246 g/mol. The number of hydrogen-bond donors (Lipinski definition) is 1. The van der Waals surface area contributed by atoms with Gasteiger partial charge >= 0.3 is 0 Å². The maximum absolute atomic E-state index is 12.3. The quantitative estimate of drug-likeness (QED) is 0.641. The number of benzene rings is 1. The summed E-state index contributed by atoms with van der Waals surface area (Å²) in [5.41, 5.74) is 0.988. The molecule has 1 unspecified atom stereocenters. The van der Waals surface area contributed by atoms with Crippen molar-refractivity contribution in [3.05, 3.63) is 35.9 Å². The van der Waals surface area contributed by atoms with Crippen LogP contribution < -0.4 is 5.32 Å². The minimum absolute atomic E-state index is 0.00265. The van der Waals surface area contributed by atoms with Gasteiger partial charge in [0.15, 0.2) is 5.78 Å². The van der Waals surface area contributed by atoms with Crippen molar-refractivity contribution in [1.29, 1.82) is 0 Å². The van der Waals surface area contributed by atoms with E-state index in [1.165, 1.54) is 0 Å². The van der Waals surface area contributed by atoms with E-state index in [9.17, 15) is 4.79 Å². The lowest BCUT2D eigenvalue weighted by Gasteiger charge is -2.20. The van der Waals surface area contributed by atoms with Gasteiger partial charge in [-0.3, -0.25) is 9.79 Å². The smallest absolute Gasteiger partial charge is 0.162 e. The van der Waals surface area contributed by atoms with E-state index < -0.39 is 0 Å². The average Bonchev–Trinajstić information content (AvgIpc) is 2.36. The molecule has 1 aromatic rings. The summed E-state index contributed by atoms with van der Waals surface area (Å²) in [5.74, 6) is 0.990. The van der Waals surface area contributed by atoms with E-state index in [-0.39, 0.29) is 17.7 Å². The maximum atomic E-state index is 12.3. The molecule has 1 N–H and O–H groups in total.